The fourth-order valence-electron chi connectivity index (χ4n) is 2.41. The van der Waals surface area contributed by atoms with E-state index in [9.17, 15) is 14.9 Å². The predicted molar refractivity (Wildman–Crippen MR) is 108 cm³/mol. The third-order valence-corrected chi connectivity index (χ3v) is 5.88. The Morgan fingerprint density at radius 2 is 2.07 bits per heavy atom. The lowest BCUT2D eigenvalue weighted by atomic mass is 10.1. The number of anilines is 1. The molecule has 0 saturated carbocycles. The first-order chi connectivity index (χ1) is 13.0. The SMILES string of the molecule is Cc1sc(NC(=O)CSc2nc(-c3ccccc3)cc(=O)[nH]2)c(C#N)c1C. The summed E-state index contributed by atoms with van der Waals surface area (Å²) in [6.45, 7) is 3.77. The molecule has 0 unspecified atom stereocenters. The van der Waals surface area contributed by atoms with Crippen LogP contribution in [0.25, 0.3) is 11.3 Å². The second-order valence-corrected chi connectivity index (χ2v) is 7.93. The van der Waals surface area contributed by atoms with Crippen LogP contribution in [0.15, 0.2) is 46.3 Å². The molecule has 27 heavy (non-hydrogen) atoms. The molecule has 6 nitrogen and oxygen atoms in total. The third-order valence-electron chi connectivity index (χ3n) is 3.88. The molecular weight excluding hydrogens is 380 g/mol. The molecule has 1 aromatic carbocycles. The Labute approximate surface area is 164 Å². The number of nitrogens with zero attached hydrogens (tertiary/aromatic N) is 2. The molecule has 0 aliphatic heterocycles. The van der Waals surface area contributed by atoms with E-state index < -0.39 is 0 Å². The standard InChI is InChI=1S/C19H16N4O2S2/c1-11-12(2)27-18(14(11)9-20)22-17(25)10-26-19-21-15(8-16(24)23-19)13-6-4-3-5-7-13/h3-8H,10H2,1-2H3,(H,22,25)(H,21,23,24). The maximum absolute atomic E-state index is 12.3. The van der Waals surface area contributed by atoms with Crippen molar-refractivity contribution in [1.82, 2.24) is 9.97 Å². The zero-order chi connectivity index (χ0) is 19.4. The minimum absolute atomic E-state index is 0.0715. The minimum Gasteiger partial charge on any atom is -0.316 e. The molecule has 0 aliphatic carbocycles. The van der Waals surface area contributed by atoms with E-state index in [0.29, 0.717) is 21.4 Å². The highest BCUT2D eigenvalue weighted by Crippen LogP contribution is 2.31. The molecule has 0 radical (unpaired) electrons. The predicted octanol–water partition coefficient (Wildman–Crippen LogP) is 3.72. The molecule has 2 N–H and O–H groups in total. The summed E-state index contributed by atoms with van der Waals surface area (Å²) in [7, 11) is 0. The lowest BCUT2D eigenvalue weighted by Crippen LogP contribution is -2.15. The normalized spacial score (nSPS) is 10.4. The smallest absolute Gasteiger partial charge is 0.252 e. The van der Waals surface area contributed by atoms with Crippen LogP contribution in [-0.4, -0.2) is 21.6 Å². The van der Waals surface area contributed by atoms with Gasteiger partial charge in [-0.05, 0) is 19.4 Å². The Morgan fingerprint density at radius 1 is 1.33 bits per heavy atom. The number of amides is 1. The fraction of sp³-hybridized carbons (Fsp3) is 0.158. The number of hydrogen-bond donors (Lipinski definition) is 2. The molecule has 3 aromatic rings. The van der Waals surface area contributed by atoms with Crippen LogP contribution in [0.1, 0.15) is 16.0 Å². The molecule has 1 amide bonds. The number of aryl methyl sites for hydroxylation is 1. The molecule has 0 spiro atoms. The molecule has 0 bridgehead atoms. The van der Waals surface area contributed by atoms with E-state index in [2.05, 4.69) is 21.4 Å². The number of aromatic nitrogens is 2. The summed E-state index contributed by atoms with van der Waals surface area (Å²) < 4.78 is 0. The van der Waals surface area contributed by atoms with Crippen LogP contribution in [-0.2, 0) is 4.79 Å². The average molecular weight is 396 g/mol. The van der Waals surface area contributed by atoms with Gasteiger partial charge in [-0.15, -0.1) is 11.3 Å². The van der Waals surface area contributed by atoms with Crippen molar-refractivity contribution >= 4 is 34.0 Å². The molecule has 0 atom stereocenters. The van der Waals surface area contributed by atoms with Crippen molar-refractivity contribution < 1.29 is 4.79 Å². The Morgan fingerprint density at radius 3 is 2.78 bits per heavy atom. The maximum Gasteiger partial charge on any atom is 0.252 e. The number of nitriles is 1. The molecule has 0 saturated heterocycles. The number of carbonyl (C=O) groups excluding carboxylic acids is 1. The fourth-order valence-corrected chi connectivity index (χ4v) is 4.11. The first kappa shape index (κ1) is 18.9. The van der Waals surface area contributed by atoms with Gasteiger partial charge in [0.1, 0.15) is 11.1 Å². The third kappa shape index (κ3) is 4.45. The molecule has 2 heterocycles. The van der Waals surface area contributed by atoms with Crippen LogP contribution in [0.5, 0.6) is 0 Å². The monoisotopic (exact) mass is 396 g/mol. The molecule has 0 aliphatic rings. The van der Waals surface area contributed by atoms with Crippen LogP contribution in [0.2, 0.25) is 0 Å². The lowest BCUT2D eigenvalue weighted by molar-refractivity contribution is -0.113. The number of benzene rings is 1. The number of hydrogen-bond acceptors (Lipinski definition) is 6. The highest BCUT2D eigenvalue weighted by atomic mass is 32.2. The summed E-state index contributed by atoms with van der Waals surface area (Å²) in [4.78, 5) is 32.2. The number of thioether (sulfide) groups is 1. The molecule has 2 aromatic heterocycles. The first-order valence-corrected chi connectivity index (χ1v) is 9.87. The van der Waals surface area contributed by atoms with Crippen molar-refractivity contribution in [3.8, 4) is 17.3 Å². The van der Waals surface area contributed by atoms with Crippen LogP contribution >= 0.6 is 23.1 Å². The second-order valence-electron chi connectivity index (χ2n) is 5.74. The molecular formula is C19H16N4O2S2. The number of H-pyrrole nitrogens is 1. The summed E-state index contributed by atoms with van der Waals surface area (Å²) >= 11 is 2.52. The summed E-state index contributed by atoms with van der Waals surface area (Å²) in [5, 5.41) is 12.9. The van der Waals surface area contributed by atoms with Gasteiger partial charge in [0, 0.05) is 16.5 Å². The molecule has 8 heteroatoms. The lowest BCUT2D eigenvalue weighted by Gasteiger charge is -2.05. The average Bonchev–Trinajstić information content (AvgIpc) is 2.93. The van der Waals surface area contributed by atoms with E-state index in [1.807, 2.05) is 44.2 Å². The summed E-state index contributed by atoms with van der Waals surface area (Å²) in [6, 6.07) is 12.9. The van der Waals surface area contributed by atoms with E-state index >= 15 is 0 Å². The van der Waals surface area contributed by atoms with Gasteiger partial charge in [-0.25, -0.2) is 4.98 Å². The molecule has 3 rings (SSSR count). The number of nitrogens with one attached hydrogen (secondary N) is 2. The van der Waals surface area contributed by atoms with Gasteiger partial charge in [-0.3, -0.25) is 9.59 Å². The number of aromatic amines is 1. The maximum atomic E-state index is 12.3. The molecule has 136 valence electrons. The second kappa shape index (κ2) is 8.20. The minimum atomic E-state index is -0.275. The quantitative estimate of drug-likeness (QED) is 0.506. The van der Waals surface area contributed by atoms with Crippen molar-refractivity contribution in [3.63, 3.8) is 0 Å². The number of thiophene rings is 1. The highest BCUT2D eigenvalue weighted by Gasteiger charge is 2.15. The molecule has 0 fully saturated rings. The van der Waals surface area contributed by atoms with Gasteiger partial charge in [0.05, 0.1) is 17.0 Å². The van der Waals surface area contributed by atoms with Crippen LogP contribution in [0.4, 0.5) is 5.00 Å². The van der Waals surface area contributed by atoms with Crippen molar-refractivity contribution in [2.24, 2.45) is 0 Å². The van der Waals surface area contributed by atoms with Gasteiger partial charge in [0.2, 0.25) is 5.91 Å². The van der Waals surface area contributed by atoms with Gasteiger partial charge < -0.3 is 10.3 Å². The first-order valence-electron chi connectivity index (χ1n) is 8.07. The van der Waals surface area contributed by atoms with Crippen LogP contribution < -0.4 is 10.9 Å². The van der Waals surface area contributed by atoms with Crippen LogP contribution in [0.3, 0.4) is 0 Å². The van der Waals surface area contributed by atoms with Gasteiger partial charge in [-0.2, -0.15) is 5.26 Å². The highest BCUT2D eigenvalue weighted by molar-refractivity contribution is 7.99. The van der Waals surface area contributed by atoms with Crippen molar-refractivity contribution in [3.05, 3.63) is 62.8 Å². The van der Waals surface area contributed by atoms with E-state index in [-0.39, 0.29) is 17.2 Å². The topological polar surface area (TPSA) is 98.6 Å². The zero-order valence-corrected chi connectivity index (χ0v) is 16.3. The van der Waals surface area contributed by atoms with Gasteiger partial charge in [0.15, 0.2) is 5.16 Å². The van der Waals surface area contributed by atoms with Crippen molar-refractivity contribution in [2.75, 3.05) is 11.1 Å². The summed E-state index contributed by atoms with van der Waals surface area (Å²) in [6.07, 6.45) is 0. The largest absolute Gasteiger partial charge is 0.316 e. The number of carbonyl (C=O) groups is 1. The van der Waals surface area contributed by atoms with Crippen molar-refractivity contribution in [2.45, 2.75) is 19.0 Å². The zero-order valence-electron chi connectivity index (χ0n) is 14.7. The van der Waals surface area contributed by atoms with Crippen molar-refractivity contribution in [1.29, 1.82) is 5.26 Å². The van der Waals surface area contributed by atoms with Gasteiger partial charge >= 0.3 is 0 Å². The Hall–Kier alpha value is -2.89. The van der Waals surface area contributed by atoms with Crippen LogP contribution in [0, 0.1) is 25.2 Å². The summed E-state index contributed by atoms with van der Waals surface area (Å²) in [5.74, 6) is -0.187. The van der Waals surface area contributed by atoms with E-state index in [1.165, 1.54) is 17.4 Å². The van der Waals surface area contributed by atoms with E-state index in [0.717, 1.165) is 27.8 Å². The van der Waals surface area contributed by atoms with E-state index in [4.69, 9.17) is 0 Å². The summed E-state index contributed by atoms with van der Waals surface area (Å²) in [5.41, 5.74) is 2.49. The Balaban J connectivity index is 1.71. The van der Waals surface area contributed by atoms with E-state index in [1.54, 1.807) is 0 Å². The van der Waals surface area contributed by atoms with Gasteiger partial charge in [0.25, 0.3) is 5.56 Å². The van der Waals surface area contributed by atoms with Gasteiger partial charge in [-0.1, -0.05) is 42.1 Å². The number of rotatable bonds is 5. The Bertz CT molecular complexity index is 1080. The Kier molecular flexibility index (Phi) is 5.74.